The first-order valence-corrected chi connectivity index (χ1v) is 17.1. The van der Waals surface area contributed by atoms with E-state index in [-0.39, 0.29) is 27.5 Å². The van der Waals surface area contributed by atoms with Gasteiger partial charge in [-0.3, -0.25) is 18.6 Å². The molecule has 0 spiro atoms. The van der Waals surface area contributed by atoms with Crippen LogP contribution in [-0.2, 0) is 39.1 Å². The maximum absolute atomic E-state index is 14.1. The summed E-state index contributed by atoms with van der Waals surface area (Å²) in [7, 11) is -2.87. The summed E-state index contributed by atoms with van der Waals surface area (Å²) < 4.78 is 43.5. The van der Waals surface area contributed by atoms with Crippen molar-refractivity contribution in [1.82, 2.24) is 28.2 Å². The van der Waals surface area contributed by atoms with E-state index >= 15 is 0 Å². The SMILES string of the molecule is COCCn1cc(Cn2c(=O)c3cc(S(=O)(=O)N(C(=O)OC(C)(C)C)C4(C)CC4)sc3n(Cc3sc(C)nc3C)c2=O)cn1. The third-order valence-corrected chi connectivity index (χ3v) is 11.8. The van der Waals surface area contributed by atoms with Gasteiger partial charge < -0.3 is 9.47 Å². The van der Waals surface area contributed by atoms with Crippen molar-refractivity contribution in [3.63, 3.8) is 0 Å². The van der Waals surface area contributed by atoms with Crippen molar-refractivity contribution < 1.29 is 22.7 Å². The summed E-state index contributed by atoms with van der Waals surface area (Å²) in [6.45, 7) is 11.3. The highest BCUT2D eigenvalue weighted by molar-refractivity contribution is 7.92. The number of fused-ring (bicyclic) bond motifs is 1. The van der Waals surface area contributed by atoms with Crippen molar-refractivity contribution in [1.29, 1.82) is 0 Å². The lowest BCUT2D eigenvalue weighted by atomic mass is 10.2. The average Bonchev–Trinajstić information content (AvgIpc) is 3.25. The summed E-state index contributed by atoms with van der Waals surface area (Å²) in [4.78, 5) is 46.6. The summed E-state index contributed by atoms with van der Waals surface area (Å²) in [5.41, 5.74) is -1.74. The van der Waals surface area contributed by atoms with Crippen molar-refractivity contribution in [3.8, 4) is 0 Å². The third-order valence-electron chi connectivity index (χ3n) is 7.24. The number of sulfonamides is 1. The highest BCUT2D eigenvalue weighted by Gasteiger charge is 2.54. The molecule has 5 rings (SSSR count). The molecule has 0 aliphatic heterocycles. The minimum atomic E-state index is -4.45. The van der Waals surface area contributed by atoms with Crippen molar-refractivity contribution in [3.05, 3.63) is 60.4 Å². The molecule has 1 saturated carbocycles. The van der Waals surface area contributed by atoms with Gasteiger partial charge in [0.1, 0.15) is 14.6 Å². The van der Waals surface area contributed by atoms with E-state index in [0.717, 1.165) is 35.8 Å². The fourth-order valence-corrected chi connectivity index (χ4v) is 8.94. The number of nitrogens with zero attached hydrogens (tertiary/aromatic N) is 6. The Morgan fingerprint density at radius 1 is 1.14 bits per heavy atom. The van der Waals surface area contributed by atoms with E-state index in [1.807, 2.05) is 13.8 Å². The molecular weight excluding hydrogens is 629 g/mol. The van der Waals surface area contributed by atoms with Gasteiger partial charge in [0.15, 0.2) is 0 Å². The quantitative estimate of drug-likeness (QED) is 0.247. The number of methoxy groups -OCH3 is 1. The van der Waals surface area contributed by atoms with Crippen LogP contribution in [0.25, 0.3) is 10.2 Å². The van der Waals surface area contributed by atoms with Crippen LogP contribution in [0.4, 0.5) is 4.79 Å². The molecule has 13 nitrogen and oxygen atoms in total. The number of thiazole rings is 1. The van der Waals surface area contributed by atoms with Gasteiger partial charge in [0.2, 0.25) is 0 Å². The summed E-state index contributed by atoms with van der Waals surface area (Å²) in [6, 6.07) is 1.26. The van der Waals surface area contributed by atoms with E-state index in [4.69, 9.17) is 9.47 Å². The number of ether oxygens (including phenoxy) is 2. The first-order valence-electron chi connectivity index (χ1n) is 14.0. The molecule has 0 radical (unpaired) electrons. The molecule has 1 aliphatic rings. The molecule has 0 N–H and O–H groups in total. The van der Waals surface area contributed by atoms with Crippen LogP contribution < -0.4 is 11.2 Å². The number of thiophene rings is 1. The van der Waals surface area contributed by atoms with E-state index in [9.17, 15) is 22.8 Å². The Bertz CT molecular complexity index is 1950. The van der Waals surface area contributed by atoms with Gasteiger partial charge in [0.05, 0.1) is 54.1 Å². The molecule has 4 aromatic heterocycles. The summed E-state index contributed by atoms with van der Waals surface area (Å²) in [5, 5.41) is 5.16. The number of hydrogen-bond donors (Lipinski definition) is 0. The van der Waals surface area contributed by atoms with E-state index in [1.54, 1.807) is 51.9 Å². The van der Waals surface area contributed by atoms with Gasteiger partial charge in [-0.15, -0.1) is 22.7 Å². The molecule has 44 heavy (non-hydrogen) atoms. The van der Waals surface area contributed by atoms with Crippen LogP contribution in [-0.4, -0.2) is 67.6 Å². The minimum Gasteiger partial charge on any atom is -0.443 e. The van der Waals surface area contributed by atoms with Crippen molar-refractivity contribution >= 4 is 49.0 Å². The Morgan fingerprint density at radius 2 is 1.84 bits per heavy atom. The first-order chi connectivity index (χ1) is 20.5. The third kappa shape index (κ3) is 6.25. The zero-order valence-electron chi connectivity index (χ0n) is 25.7. The van der Waals surface area contributed by atoms with Gasteiger partial charge in [0.25, 0.3) is 15.6 Å². The Morgan fingerprint density at radius 3 is 2.43 bits per heavy atom. The molecule has 0 atom stereocenters. The fraction of sp³-hybridized carbons (Fsp3) is 0.536. The van der Waals surface area contributed by atoms with Crippen molar-refractivity contribution in [2.24, 2.45) is 0 Å². The monoisotopic (exact) mass is 664 g/mol. The molecule has 4 heterocycles. The van der Waals surface area contributed by atoms with Gasteiger partial charge in [-0.25, -0.2) is 14.6 Å². The largest absolute Gasteiger partial charge is 0.443 e. The van der Waals surface area contributed by atoms with Gasteiger partial charge in [-0.1, -0.05) is 0 Å². The molecule has 0 saturated heterocycles. The zero-order valence-corrected chi connectivity index (χ0v) is 28.2. The van der Waals surface area contributed by atoms with Crippen LogP contribution in [0.1, 0.15) is 61.7 Å². The van der Waals surface area contributed by atoms with Gasteiger partial charge in [-0.05, 0) is 60.5 Å². The first kappa shape index (κ1) is 32.1. The molecule has 0 aromatic carbocycles. The number of aryl methyl sites for hydroxylation is 2. The predicted octanol–water partition coefficient (Wildman–Crippen LogP) is 3.72. The van der Waals surface area contributed by atoms with Crippen LogP contribution in [0.3, 0.4) is 0 Å². The molecule has 1 amide bonds. The summed E-state index contributed by atoms with van der Waals surface area (Å²) >= 11 is 2.22. The Hall–Kier alpha value is -3.34. The molecule has 1 aliphatic carbocycles. The lowest BCUT2D eigenvalue weighted by Crippen LogP contribution is -2.47. The smallest absolute Gasteiger partial charge is 0.424 e. The van der Waals surface area contributed by atoms with E-state index in [1.165, 1.54) is 22.0 Å². The Labute approximate surface area is 262 Å². The van der Waals surface area contributed by atoms with Crippen LogP contribution in [0.15, 0.2) is 32.3 Å². The molecule has 1 fully saturated rings. The van der Waals surface area contributed by atoms with E-state index in [2.05, 4.69) is 10.1 Å². The van der Waals surface area contributed by atoms with E-state index in [0.29, 0.717) is 31.6 Å². The average molecular weight is 665 g/mol. The molecule has 238 valence electrons. The highest BCUT2D eigenvalue weighted by atomic mass is 32.2. The van der Waals surface area contributed by atoms with Crippen molar-refractivity contribution in [2.75, 3.05) is 13.7 Å². The second-order valence-corrected chi connectivity index (χ2v) is 16.5. The normalized spacial score (nSPS) is 14.7. The van der Waals surface area contributed by atoms with Gasteiger partial charge in [0, 0.05) is 23.7 Å². The number of carbonyl (C=O) groups excluding carboxylic acids is 1. The van der Waals surface area contributed by atoms with E-state index < -0.39 is 38.5 Å². The molecule has 0 bridgehead atoms. The Kier molecular flexibility index (Phi) is 8.41. The van der Waals surface area contributed by atoms with Crippen LogP contribution >= 0.6 is 22.7 Å². The standard InChI is InChI=1S/C28H36N6O7S3/c1-17-21(42-18(2)30-17)16-33-24-20(23(35)32(25(33)36)15-19-13-29-31(14-19)10-11-40-7)12-22(43-24)44(38,39)34(28(6)8-9-28)26(37)41-27(3,4)5/h12-14H,8-11,15-16H2,1-7H3. The number of hydrogen-bond acceptors (Lipinski definition) is 11. The number of amides is 1. The maximum atomic E-state index is 14.1. The predicted molar refractivity (Wildman–Crippen MR) is 167 cm³/mol. The molecule has 0 unspecified atom stereocenters. The second-order valence-electron chi connectivity index (χ2n) is 12.1. The minimum absolute atomic E-state index is 0.0592. The second kappa shape index (κ2) is 11.5. The van der Waals surface area contributed by atoms with Gasteiger partial charge in [-0.2, -0.15) is 17.8 Å². The summed E-state index contributed by atoms with van der Waals surface area (Å²) in [6.07, 6.45) is 3.29. The summed E-state index contributed by atoms with van der Waals surface area (Å²) in [5.74, 6) is 0. The highest BCUT2D eigenvalue weighted by Crippen LogP contribution is 2.46. The number of rotatable bonds is 10. The fourth-order valence-electron chi connectivity index (χ4n) is 4.81. The Balaban J connectivity index is 1.66. The van der Waals surface area contributed by atoms with Crippen molar-refractivity contribution in [2.45, 2.75) is 89.4 Å². The molecule has 4 aromatic rings. The maximum Gasteiger partial charge on any atom is 0.424 e. The number of carbonyl (C=O) groups is 1. The number of aromatic nitrogens is 5. The lowest BCUT2D eigenvalue weighted by molar-refractivity contribution is 0.0332. The van der Waals surface area contributed by atoms with Gasteiger partial charge >= 0.3 is 11.8 Å². The van der Waals surface area contributed by atoms with Crippen LogP contribution in [0.5, 0.6) is 0 Å². The topological polar surface area (TPSA) is 148 Å². The molecular formula is C28H36N6O7S3. The van der Waals surface area contributed by atoms with Crippen LogP contribution in [0.2, 0.25) is 0 Å². The zero-order chi connectivity index (χ0) is 32.2. The van der Waals surface area contributed by atoms with Crippen LogP contribution in [0, 0.1) is 13.8 Å². The lowest BCUT2D eigenvalue weighted by Gasteiger charge is -2.30. The molecule has 16 heteroatoms.